The molecule has 0 bridgehead atoms. The molecule has 1 aliphatic carbocycles. The maximum Gasteiger partial charge on any atom is 0.348 e. The van der Waals surface area contributed by atoms with Gasteiger partial charge in [-0.2, -0.15) is 0 Å². The number of aromatic carboxylic acids is 1. The van der Waals surface area contributed by atoms with Gasteiger partial charge in [0.15, 0.2) is 0 Å². The highest BCUT2D eigenvalue weighted by molar-refractivity contribution is 7.14. The number of amides is 1. The second-order valence-corrected chi connectivity index (χ2v) is 9.20. The highest BCUT2D eigenvalue weighted by atomic mass is 32.1. The van der Waals surface area contributed by atoms with Gasteiger partial charge in [0.25, 0.3) is 0 Å². The van der Waals surface area contributed by atoms with Gasteiger partial charge in [-0.3, -0.25) is 4.79 Å². The van der Waals surface area contributed by atoms with E-state index in [4.69, 9.17) is 0 Å². The summed E-state index contributed by atoms with van der Waals surface area (Å²) in [5.41, 5.74) is 0.520. The Hall–Kier alpha value is -1.36. The molecule has 1 aromatic heterocycles. The lowest BCUT2D eigenvalue weighted by Gasteiger charge is -2.34. The molecule has 0 aromatic carbocycles. The third kappa shape index (κ3) is 3.23. The van der Waals surface area contributed by atoms with Crippen LogP contribution in [-0.2, 0) is 10.2 Å². The Kier molecular flexibility index (Phi) is 4.73. The van der Waals surface area contributed by atoms with Gasteiger partial charge in [-0.05, 0) is 36.7 Å². The summed E-state index contributed by atoms with van der Waals surface area (Å²) in [4.78, 5) is 27.6. The van der Waals surface area contributed by atoms with Crippen LogP contribution in [0.1, 0.15) is 80.3 Å². The average Bonchev–Trinajstić information content (AvgIpc) is 3.11. The molecular formula is C19H27NO3S. The van der Waals surface area contributed by atoms with Crippen molar-refractivity contribution in [1.82, 2.24) is 0 Å². The Morgan fingerprint density at radius 3 is 2.46 bits per heavy atom. The summed E-state index contributed by atoms with van der Waals surface area (Å²) < 4.78 is 0. The first-order chi connectivity index (χ1) is 11.3. The smallest absolute Gasteiger partial charge is 0.348 e. The summed E-state index contributed by atoms with van der Waals surface area (Å²) >= 11 is 1.32. The zero-order chi connectivity index (χ0) is 17.5. The molecule has 24 heavy (non-hydrogen) atoms. The molecule has 0 spiro atoms. The van der Waals surface area contributed by atoms with Crippen LogP contribution in [0.2, 0.25) is 0 Å². The summed E-state index contributed by atoms with van der Waals surface area (Å²) in [5.74, 6) is -0.316. The van der Waals surface area contributed by atoms with E-state index in [0.29, 0.717) is 22.9 Å². The molecule has 1 atom stereocenters. The Morgan fingerprint density at radius 1 is 1.21 bits per heavy atom. The minimum atomic E-state index is -0.924. The van der Waals surface area contributed by atoms with E-state index in [9.17, 15) is 14.7 Å². The third-order valence-corrected chi connectivity index (χ3v) is 6.89. The fraction of sp³-hybridized carbons (Fsp3) is 0.684. The Morgan fingerprint density at radius 2 is 1.88 bits per heavy atom. The highest BCUT2D eigenvalue weighted by Gasteiger charge is 2.40. The van der Waals surface area contributed by atoms with Crippen molar-refractivity contribution in [3.05, 3.63) is 15.8 Å². The van der Waals surface area contributed by atoms with Crippen molar-refractivity contribution in [2.45, 2.75) is 77.2 Å². The van der Waals surface area contributed by atoms with Crippen LogP contribution in [0.3, 0.4) is 0 Å². The van der Waals surface area contributed by atoms with Gasteiger partial charge in [-0.25, -0.2) is 4.79 Å². The van der Waals surface area contributed by atoms with Crippen molar-refractivity contribution in [2.75, 3.05) is 4.90 Å². The van der Waals surface area contributed by atoms with E-state index in [0.717, 1.165) is 24.1 Å². The van der Waals surface area contributed by atoms with Crippen molar-refractivity contribution in [2.24, 2.45) is 5.92 Å². The number of anilines is 1. The van der Waals surface area contributed by atoms with Crippen molar-refractivity contribution < 1.29 is 14.7 Å². The van der Waals surface area contributed by atoms with Crippen LogP contribution >= 0.6 is 11.3 Å². The first-order valence-corrected chi connectivity index (χ1v) is 9.80. The van der Waals surface area contributed by atoms with Crippen molar-refractivity contribution in [3.8, 4) is 0 Å². The van der Waals surface area contributed by atoms with Gasteiger partial charge < -0.3 is 10.0 Å². The Balaban J connectivity index is 1.99. The lowest BCUT2D eigenvalue weighted by molar-refractivity contribution is -0.117. The SMILES string of the molecule is CC(C)(C)c1cc(N2C(=O)CCC2C2CCCCC2)c(C(=O)O)s1. The fourth-order valence-corrected chi connectivity index (χ4v) is 5.11. The molecule has 1 saturated carbocycles. The van der Waals surface area contributed by atoms with E-state index in [1.165, 1.54) is 30.6 Å². The minimum Gasteiger partial charge on any atom is -0.477 e. The molecule has 132 valence electrons. The Bertz CT molecular complexity index is 638. The van der Waals surface area contributed by atoms with E-state index in [1.807, 2.05) is 11.0 Å². The van der Waals surface area contributed by atoms with E-state index in [-0.39, 0.29) is 17.4 Å². The van der Waals surface area contributed by atoms with Crippen LogP contribution < -0.4 is 4.90 Å². The van der Waals surface area contributed by atoms with E-state index in [2.05, 4.69) is 20.8 Å². The van der Waals surface area contributed by atoms with Crippen molar-refractivity contribution >= 4 is 28.9 Å². The first-order valence-electron chi connectivity index (χ1n) is 8.98. The summed E-state index contributed by atoms with van der Waals surface area (Å²) in [5, 5.41) is 9.66. The topological polar surface area (TPSA) is 57.6 Å². The number of thiophene rings is 1. The van der Waals surface area contributed by atoms with Crippen LogP contribution in [0, 0.1) is 5.92 Å². The van der Waals surface area contributed by atoms with E-state index in [1.54, 1.807) is 0 Å². The second-order valence-electron chi connectivity index (χ2n) is 8.15. The summed E-state index contributed by atoms with van der Waals surface area (Å²) in [6, 6.07) is 2.13. The third-order valence-electron chi connectivity index (χ3n) is 5.35. The molecule has 0 radical (unpaired) electrons. The second kappa shape index (κ2) is 6.51. The summed E-state index contributed by atoms with van der Waals surface area (Å²) in [6.07, 6.45) is 7.46. The number of hydrogen-bond acceptors (Lipinski definition) is 3. The van der Waals surface area contributed by atoms with Gasteiger partial charge in [-0.1, -0.05) is 40.0 Å². The van der Waals surface area contributed by atoms with Crippen LogP contribution in [0.4, 0.5) is 5.69 Å². The quantitative estimate of drug-likeness (QED) is 0.851. The Labute approximate surface area is 147 Å². The van der Waals surface area contributed by atoms with Gasteiger partial charge in [0.05, 0.1) is 5.69 Å². The van der Waals surface area contributed by atoms with E-state index < -0.39 is 5.97 Å². The molecule has 1 aromatic rings. The summed E-state index contributed by atoms with van der Waals surface area (Å²) in [6.45, 7) is 6.25. The highest BCUT2D eigenvalue weighted by Crippen LogP contribution is 2.43. The van der Waals surface area contributed by atoms with Crippen LogP contribution in [0.5, 0.6) is 0 Å². The lowest BCUT2D eigenvalue weighted by atomic mass is 9.83. The van der Waals surface area contributed by atoms with Gasteiger partial charge in [-0.15, -0.1) is 11.3 Å². The predicted molar refractivity (Wildman–Crippen MR) is 97.1 cm³/mol. The van der Waals surface area contributed by atoms with Crippen molar-refractivity contribution in [3.63, 3.8) is 0 Å². The zero-order valence-corrected chi connectivity index (χ0v) is 15.6. The van der Waals surface area contributed by atoms with Gasteiger partial charge in [0.1, 0.15) is 4.88 Å². The fourth-order valence-electron chi connectivity index (χ4n) is 4.07. The molecule has 2 aliphatic rings. The normalized spacial score (nSPS) is 23.0. The molecule has 2 fully saturated rings. The first kappa shape index (κ1) is 17.5. The lowest BCUT2D eigenvalue weighted by Crippen LogP contribution is -2.39. The maximum absolute atomic E-state index is 12.6. The number of hydrogen-bond donors (Lipinski definition) is 1. The van der Waals surface area contributed by atoms with Crippen LogP contribution in [0.15, 0.2) is 6.07 Å². The molecule has 1 amide bonds. The minimum absolute atomic E-state index is 0.0892. The zero-order valence-electron chi connectivity index (χ0n) is 14.8. The number of carboxylic acids is 1. The summed E-state index contributed by atoms with van der Waals surface area (Å²) in [7, 11) is 0. The largest absolute Gasteiger partial charge is 0.477 e. The molecule has 1 N–H and O–H groups in total. The number of rotatable bonds is 3. The molecule has 1 saturated heterocycles. The predicted octanol–water partition coefficient (Wildman–Crippen LogP) is 4.82. The molecule has 4 nitrogen and oxygen atoms in total. The molecule has 3 rings (SSSR count). The standard InChI is InChI=1S/C19H27NO3S/c1-19(2,3)15-11-14(17(24-15)18(22)23)20-13(9-10-16(20)21)12-7-5-4-6-8-12/h11-13H,4-10H2,1-3H3,(H,22,23). The van der Waals surface area contributed by atoms with E-state index >= 15 is 0 Å². The van der Waals surface area contributed by atoms with Gasteiger partial charge in [0, 0.05) is 17.3 Å². The molecule has 1 unspecified atom stereocenters. The molecular weight excluding hydrogens is 322 g/mol. The van der Waals surface area contributed by atoms with Gasteiger partial charge in [0.2, 0.25) is 5.91 Å². The number of carbonyl (C=O) groups excluding carboxylic acids is 1. The number of carbonyl (C=O) groups is 2. The van der Waals surface area contributed by atoms with Crippen LogP contribution in [-0.4, -0.2) is 23.0 Å². The van der Waals surface area contributed by atoms with Gasteiger partial charge >= 0.3 is 5.97 Å². The maximum atomic E-state index is 12.6. The number of nitrogens with zero attached hydrogens (tertiary/aromatic N) is 1. The van der Waals surface area contributed by atoms with Crippen LogP contribution in [0.25, 0.3) is 0 Å². The molecule has 1 aliphatic heterocycles. The average molecular weight is 349 g/mol. The molecule has 2 heterocycles. The number of carboxylic acid groups (broad SMARTS) is 1. The molecule has 5 heteroatoms. The van der Waals surface area contributed by atoms with Crippen molar-refractivity contribution in [1.29, 1.82) is 0 Å². The monoisotopic (exact) mass is 349 g/mol.